The standard InChI is InChI=1S/C26H24N4O4/c1-16-22(15-34-28-16)25(32)30-11-10-29-24(31)17-12-18(21-4-3-9-27-23(21)13-17)14-26(29,30)19-5-7-20(33-2)8-6-19/h3-9,13,15,18H,10-12,14H2,1-2H3. The zero-order valence-electron chi connectivity index (χ0n) is 19.0. The van der Waals surface area contributed by atoms with Crippen molar-refractivity contribution < 1.29 is 18.8 Å². The number of benzene rings is 1. The van der Waals surface area contributed by atoms with E-state index in [1.807, 2.05) is 46.2 Å². The smallest absolute Gasteiger partial charge is 0.261 e. The predicted octanol–water partition coefficient (Wildman–Crippen LogP) is 3.50. The second kappa shape index (κ2) is 7.55. The lowest BCUT2D eigenvalue weighted by Crippen LogP contribution is -2.54. The van der Waals surface area contributed by atoms with Crippen molar-refractivity contribution in [2.75, 3.05) is 20.2 Å². The Balaban J connectivity index is 1.56. The molecule has 2 saturated heterocycles. The molecule has 2 aliphatic heterocycles. The quantitative estimate of drug-likeness (QED) is 0.599. The van der Waals surface area contributed by atoms with E-state index in [2.05, 4.69) is 16.2 Å². The van der Waals surface area contributed by atoms with Crippen molar-refractivity contribution in [1.29, 1.82) is 0 Å². The number of nitrogens with zero attached hydrogens (tertiary/aromatic N) is 4. The highest BCUT2D eigenvalue weighted by molar-refractivity contribution is 6.01. The van der Waals surface area contributed by atoms with Crippen molar-refractivity contribution in [3.63, 3.8) is 0 Å². The van der Waals surface area contributed by atoms with E-state index in [9.17, 15) is 9.59 Å². The van der Waals surface area contributed by atoms with E-state index >= 15 is 0 Å². The van der Waals surface area contributed by atoms with Crippen molar-refractivity contribution in [3.8, 4) is 5.75 Å². The highest BCUT2D eigenvalue weighted by Crippen LogP contribution is 2.52. The van der Waals surface area contributed by atoms with Crippen LogP contribution >= 0.6 is 0 Å². The maximum atomic E-state index is 13.9. The highest BCUT2D eigenvalue weighted by atomic mass is 16.5. The molecule has 34 heavy (non-hydrogen) atoms. The summed E-state index contributed by atoms with van der Waals surface area (Å²) in [6, 6.07) is 11.7. The molecule has 0 saturated carbocycles. The molecule has 6 rings (SSSR count). The molecule has 172 valence electrons. The largest absolute Gasteiger partial charge is 0.497 e. The van der Waals surface area contributed by atoms with Gasteiger partial charge in [-0.2, -0.15) is 0 Å². The maximum absolute atomic E-state index is 13.9. The van der Waals surface area contributed by atoms with Gasteiger partial charge in [0.15, 0.2) is 0 Å². The molecule has 2 aromatic heterocycles. The number of fused-ring (bicyclic) bond motifs is 5. The molecule has 3 aliphatic rings. The van der Waals surface area contributed by atoms with Gasteiger partial charge in [-0.3, -0.25) is 14.6 Å². The summed E-state index contributed by atoms with van der Waals surface area (Å²) >= 11 is 0. The van der Waals surface area contributed by atoms with Crippen LogP contribution < -0.4 is 4.74 Å². The Morgan fingerprint density at radius 1 is 1.21 bits per heavy atom. The minimum Gasteiger partial charge on any atom is -0.497 e. The molecular formula is C26H24N4O4. The molecule has 3 aromatic rings. The van der Waals surface area contributed by atoms with E-state index in [1.165, 1.54) is 6.26 Å². The summed E-state index contributed by atoms with van der Waals surface area (Å²) in [7, 11) is 1.62. The van der Waals surface area contributed by atoms with Gasteiger partial charge in [0.05, 0.1) is 18.5 Å². The SMILES string of the molecule is COc1ccc(C23CC4CC(=Cc5ncccc54)C(=O)N2CCN3C(=O)c2conc2C)cc1. The van der Waals surface area contributed by atoms with E-state index in [-0.39, 0.29) is 17.7 Å². The van der Waals surface area contributed by atoms with Crippen LogP contribution in [0.5, 0.6) is 5.75 Å². The lowest BCUT2D eigenvalue weighted by Gasteiger charge is -2.44. The van der Waals surface area contributed by atoms with Crippen LogP contribution in [0.3, 0.4) is 0 Å². The molecule has 1 aliphatic carbocycles. The van der Waals surface area contributed by atoms with Crippen LogP contribution in [0.2, 0.25) is 0 Å². The number of hydrogen-bond donors (Lipinski definition) is 0. The summed E-state index contributed by atoms with van der Waals surface area (Å²) in [5.41, 5.74) is 3.54. The van der Waals surface area contributed by atoms with Gasteiger partial charge in [0.25, 0.3) is 11.8 Å². The Bertz CT molecular complexity index is 1330. The fourth-order valence-corrected chi connectivity index (χ4v) is 5.75. The van der Waals surface area contributed by atoms with E-state index in [0.29, 0.717) is 42.9 Å². The number of ether oxygens (including phenoxy) is 1. The molecule has 2 bridgehead atoms. The summed E-state index contributed by atoms with van der Waals surface area (Å²) in [6.45, 7) is 2.61. The first kappa shape index (κ1) is 20.7. The van der Waals surface area contributed by atoms with Gasteiger partial charge in [-0.15, -0.1) is 0 Å². The van der Waals surface area contributed by atoms with Crippen LogP contribution in [0, 0.1) is 6.92 Å². The third kappa shape index (κ3) is 2.84. The van der Waals surface area contributed by atoms with Crippen molar-refractivity contribution in [2.45, 2.75) is 31.3 Å². The Morgan fingerprint density at radius 3 is 2.76 bits per heavy atom. The first-order chi connectivity index (χ1) is 16.5. The van der Waals surface area contributed by atoms with E-state index < -0.39 is 5.66 Å². The number of pyridine rings is 1. The van der Waals surface area contributed by atoms with Crippen LogP contribution in [0.4, 0.5) is 0 Å². The zero-order chi connectivity index (χ0) is 23.4. The fraction of sp³-hybridized carbons (Fsp3) is 0.308. The second-order valence-electron chi connectivity index (χ2n) is 9.02. The molecule has 2 unspecified atom stereocenters. The molecule has 8 nitrogen and oxygen atoms in total. The van der Waals surface area contributed by atoms with Crippen LogP contribution in [0.1, 0.15) is 51.6 Å². The van der Waals surface area contributed by atoms with Crippen molar-refractivity contribution >= 4 is 17.9 Å². The van der Waals surface area contributed by atoms with Gasteiger partial charge >= 0.3 is 0 Å². The molecular weight excluding hydrogens is 432 g/mol. The minimum absolute atomic E-state index is 0.0386. The molecule has 0 N–H and O–H groups in total. The fourth-order valence-electron chi connectivity index (χ4n) is 5.75. The molecule has 0 radical (unpaired) electrons. The number of carbonyl (C=O) groups excluding carboxylic acids is 2. The summed E-state index contributed by atoms with van der Waals surface area (Å²) in [4.78, 5) is 36.0. The van der Waals surface area contributed by atoms with Gasteiger partial charge in [-0.05, 0) is 54.7 Å². The number of hydrogen-bond acceptors (Lipinski definition) is 6. The Kier molecular flexibility index (Phi) is 4.58. The molecule has 2 amide bonds. The van der Waals surface area contributed by atoms with E-state index in [0.717, 1.165) is 22.4 Å². The normalized spacial score (nSPS) is 23.2. The molecule has 8 heteroatoms. The zero-order valence-corrected chi connectivity index (χ0v) is 19.0. The van der Waals surface area contributed by atoms with Gasteiger partial charge < -0.3 is 19.1 Å². The van der Waals surface area contributed by atoms with Crippen molar-refractivity contribution in [3.05, 3.63) is 82.5 Å². The average molecular weight is 457 g/mol. The molecule has 0 spiro atoms. The van der Waals surface area contributed by atoms with Gasteiger partial charge in [0.2, 0.25) is 0 Å². The Morgan fingerprint density at radius 2 is 2.03 bits per heavy atom. The van der Waals surface area contributed by atoms with Crippen LogP contribution in [-0.2, 0) is 10.5 Å². The summed E-state index contributed by atoms with van der Waals surface area (Å²) in [5.74, 6) is 0.513. The number of aromatic nitrogens is 2. The van der Waals surface area contributed by atoms with Crippen molar-refractivity contribution in [2.24, 2.45) is 0 Å². The van der Waals surface area contributed by atoms with Crippen molar-refractivity contribution in [1.82, 2.24) is 19.9 Å². The third-order valence-corrected chi connectivity index (χ3v) is 7.36. The maximum Gasteiger partial charge on any atom is 0.261 e. The average Bonchev–Trinajstić information content (AvgIpc) is 3.45. The molecule has 2 atom stereocenters. The summed E-state index contributed by atoms with van der Waals surface area (Å²) < 4.78 is 10.5. The van der Waals surface area contributed by atoms with E-state index in [4.69, 9.17) is 9.26 Å². The molecule has 4 heterocycles. The summed E-state index contributed by atoms with van der Waals surface area (Å²) in [5, 5.41) is 3.91. The number of amides is 2. The van der Waals surface area contributed by atoms with Gasteiger partial charge in [0, 0.05) is 31.3 Å². The Labute approximate surface area is 196 Å². The van der Waals surface area contributed by atoms with E-state index in [1.54, 1.807) is 20.2 Å². The van der Waals surface area contributed by atoms with Crippen LogP contribution in [-0.4, -0.2) is 52.0 Å². The lowest BCUT2D eigenvalue weighted by molar-refractivity contribution is -0.134. The first-order valence-electron chi connectivity index (χ1n) is 11.4. The van der Waals surface area contributed by atoms with Crippen LogP contribution in [0.25, 0.3) is 6.08 Å². The molecule has 1 aromatic carbocycles. The Hall–Kier alpha value is -3.94. The van der Waals surface area contributed by atoms with Gasteiger partial charge in [0.1, 0.15) is 23.2 Å². The number of carbonyl (C=O) groups is 2. The van der Waals surface area contributed by atoms with Crippen LogP contribution in [0.15, 0.2) is 59.0 Å². The topological polar surface area (TPSA) is 88.8 Å². The lowest BCUT2D eigenvalue weighted by atomic mass is 9.79. The van der Waals surface area contributed by atoms with Gasteiger partial charge in [-0.25, -0.2) is 0 Å². The number of rotatable bonds is 3. The minimum atomic E-state index is -0.956. The monoisotopic (exact) mass is 456 g/mol. The number of methoxy groups -OCH3 is 1. The summed E-state index contributed by atoms with van der Waals surface area (Å²) in [6.07, 6.45) is 6.24. The third-order valence-electron chi connectivity index (χ3n) is 7.36. The first-order valence-corrected chi connectivity index (χ1v) is 11.4. The predicted molar refractivity (Wildman–Crippen MR) is 123 cm³/mol. The second-order valence-corrected chi connectivity index (χ2v) is 9.02. The van der Waals surface area contributed by atoms with Gasteiger partial charge in [-0.1, -0.05) is 23.4 Å². The number of aryl methyl sites for hydroxylation is 1. The highest BCUT2D eigenvalue weighted by Gasteiger charge is 2.56. The molecule has 2 fully saturated rings.